The fourth-order valence-electron chi connectivity index (χ4n) is 3.84. The van der Waals surface area contributed by atoms with Crippen molar-refractivity contribution < 1.29 is 13.9 Å². The number of hydrogen-bond donors (Lipinski definition) is 2. The fourth-order valence-corrected chi connectivity index (χ4v) is 3.84. The number of nitrogens with one attached hydrogen (secondary N) is 2. The number of methoxy groups -OCH3 is 1. The van der Waals surface area contributed by atoms with E-state index in [1.54, 1.807) is 12.1 Å². The van der Waals surface area contributed by atoms with Gasteiger partial charge in [-0.05, 0) is 25.0 Å². The van der Waals surface area contributed by atoms with Gasteiger partial charge in [0.05, 0.1) is 12.6 Å². The van der Waals surface area contributed by atoms with Crippen molar-refractivity contribution in [2.75, 3.05) is 31.4 Å². The molecule has 2 aliphatic carbocycles. The highest BCUT2D eigenvalue weighted by atomic mass is 16.5. The molecule has 8 nitrogen and oxygen atoms in total. The minimum absolute atomic E-state index is 0.00124. The minimum atomic E-state index is -0.790. The second kappa shape index (κ2) is 7.27. The van der Waals surface area contributed by atoms with Gasteiger partial charge in [0.15, 0.2) is 5.58 Å². The zero-order valence-electron chi connectivity index (χ0n) is 16.6. The predicted octanol–water partition coefficient (Wildman–Crippen LogP) is 2.41. The number of esters is 1. The summed E-state index contributed by atoms with van der Waals surface area (Å²) in [5.41, 5.74) is 0.0999. The van der Waals surface area contributed by atoms with Crippen molar-refractivity contribution in [1.82, 2.24) is 4.98 Å². The van der Waals surface area contributed by atoms with Gasteiger partial charge in [0.1, 0.15) is 16.6 Å². The quantitative estimate of drug-likeness (QED) is 0.514. The smallest absolute Gasteiger partial charge is 0.342 e. The summed E-state index contributed by atoms with van der Waals surface area (Å²) < 4.78 is 10.7. The van der Waals surface area contributed by atoms with Gasteiger partial charge in [0.2, 0.25) is 5.42 Å². The molecule has 0 radical (unpaired) electrons. The van der Waals surface area contributed by atoms with Crippen LogP contribution in [-0.4, -0.2) is 38.2 Å². The van der Waals surface area contributed by atoms with Gasteiger partial charge in [-0.1, -0.05) is 12.8 Å². The second-order valence-corrected chi connectivity index (χ2v) is 7.53. The molecule has 29 heavy (non-hydrogen) atoms. The molecule has 3 aliphatic rings. The summed E-state index contributed by atoms with van der Waals surface area (Å²) in [6.07, 6.45) is 3.84. The van der Waals surface area contributed by atoms with Gasteiger partial charge in [-0.25, -0.2) is 4.79 Å². The van der Waals surface area contributed by atoms with Crippen LogP contribution in [0.4, 0.5) is 11.4 Å². The summed E-state index contributed by atoms with van der Waals surface area (Å²) in [6.45, 7) is 0. The van der Waals surface area contributed by atoms with Gasteiger partial charge in [-0.2, -0.15) is 0 Å². The number of hydrogen-bond acceptors (Lipinski definition) is 7. The molecule has 1 aromatic carbocycles. The van der Waals surface area contributed by atoms with E-state index < -0.39 is 16.8 Å². The van der Waals surface area contributed by atoms with Crippen LogP contribution in [0.15, 0.2) is 32.2 Å². The largest absolute Gasteiger partial charge is 0.465 e. The van der Waals surface area contributed by atoms with Crippen LogP contribution in [0.2, 0.25) is 0 Å². The maximum absolute atomic E-state index is 12.9. The van der Waals surface area contributed by atoms with E-state index in [9.17, 15) is 14.4 Å². The number of anilines is 2. The molecule has 0 amide bonds. The SMILES string of the molecule is COC(=O)c1c(NC2CCCC2)c(=O)c(=O)c2oc3cc(N(C)C)ccc3[nH]c1=2. The molecule has 0 unspecified atom stereocenters. The first-order valence-electron chi connectivity index (χ1n) is 9.59. The molecule has 1 fully saturated rings. The van der Waals surface area contributed by atoms with E-state index in [-0.39, 0.29) is 28.1 Å². The number of ether oxygens (including phenoxy) is 1. The van der Waals surface area contributed by atoms with Crippen LogP contribution in [0.3, 0.4) is 0 Å². The van der Waals surface area contributed by atoms with Crippen molar-refractivity contribution in [3.05, 3.63) is 55.0 Å². The van der Waals surface area contributed by atoms with Crippen molar-refractivity contribution in [3.8, 4) is 0 Å². The van der Waals surface area contributed by atoms with E-state index in [1.165, 1.54) is 7.11 Å². The Bertz CT molecular complexity index is 1270. The van der Waals surface area contributed by atoms with Gasteiger partial charge in [-0.15, -0.1) is 0 Å². The van der Waals surface area contributed by atoms with Crippen LogP contribution >= 0.6 is 0 Å². The average Bonchev–Trinajstić information content (AvgIpc) is 3.23. The lowest BCUT2D eigenvalue weighted by atomic mass is 10.1. The molecular formula is C21H23N3O5. The van der Waals surface area contributed by atoms with Crippen molar-refractivity contribution in [1.29, 1.82) is 0 Å². The number of carbonyl (C=O) groups excluding carboxylic acids is 1. The molecule has 1 heterocycles. The summed E-state index contributed by atoms with van der Waals surface area (Å²) in [7, 11) is 5.01. The number of nitrogens with zero attached hydrogens (tertiary/aromatic N) is 1. The third-order valence-corrected chi connectivity index (χ3v) is 5.41. The first-order chi connectivity index (χ1) is 13.9. The highest BCUT2D eigenvalue weighted by Crippen LogP contribution is 2.25. The summed E-state index contributed by atoms with van der Waals surface area (Å²) in [5.74, 6) is -0.705. The lowest BCUT2D eigenvalue weighted by molar-refractivity contribution is 0.0599. The van der Waals surface area contributed by atoms with E-state index in [0.29, 0.717) is 11.1 Å². The number of benzene rings is 1. The van der Waals surface area contributed by atoms with E-state index in [2.05, 4.69) is 10.3 Å². The molecular weight excluding hydrogens is 374 g/mol. The van der Waals surface area contributed by atoms with Crippen molar-refractivity contribution in [2.45, 2.75) is 31.7 Å². The van der Waals surface area contributed by atoms with Crippen molar-refractivity contribution in [3.63, 3.8) is 0 Å². The molecule has 152 valence electrons. The third-order valence-electron chi connectivity index (χ3n) is 5.41. The Kier molecular flexibility index (Phi) is 4.77. The second-order valence-electron chi connectivity index (χ2n) is 7.53. The topological polar surface area (TPSA) is 105 Å². The summed E-state index contributed by atoms with van der Waals surface area (Å²) in [5, 5.41) is 3.28. The zero-order valence-corrected chi connectivity index (χ0v) is 16.6. The standard InChI is InChI=1S/C21H23N3O5/c1-24(2)12-8-9-13-14(10-12)29-20-17(23-13)15(21(27)28-3)16(18(25)19(20)26)22-11-6-4-5-7-11/h8-11,22-23H,4-7H2,1-3H3. The molecule has 0 atom stereocenters. The van der Waals surface area contributed by atoms with Crippen LogP contribution in [0.1, 0.15) is 36.0 Å². The molecule has 1 saturated carbocycles. The Labute approximate surface area is 166 Å². The van der Waals surface area contributed by atoms with Crippen molar-refractivity contribution in [2.24, 2.45) is 0 Å². The molecule has 8 heteroatoms. The van der Waals surface area contributed by atoms with Crippen LogP contribution < -0.4 is 21.1 Å². The Morgan fingerprint density at radius 2 is 1.93 bits per heavy atom. The van der Waals surface area contributed by atoms with Gasteiger partial charge in [0, 0.05) is 31.9 Å². The highest BCUT2D eigenvalue weighted by molar-refractivity contribution is 5.95. The number of aromatic amines is 1. The summed E-state index contributed by atoms with van der Waals surface area (Å²) in [4.78, 5) is 43.3. The van der Waals surface area contributed by atoms with Crippen LogP contribution in [0.25, 0.3) is 11.1 Å². The molecule has 0 aromatic heterocycles. The molecule has 0 bridgehead atoms. The normalized spacial score (nSPS) is 14.4. The van der Waals surface area contributed by atoms with Gasteiger partial charge < -0.3 is 24.4 Å². The first kappa shape index (κ1) is 19.0. The van der Waals surface area contributed by atoms with Gasteiger partial charge in [0.25, 0.3) is 10.9 Å². The minimum Gasteiger partial charge on any atom is -0.465 e. The lowest BCUT2D eigenvalue weighted by Crippen LogP contribution is -2.33. The molecule has 0 spiro atoms. The van der Waals surface area contributed by atoms with Gasteiger partial charge in [-0.3, -0.25) is 9.59 Å². The number of rotatable bonds is 4. The molecule has 4 rings (SSSR count). The number of carbonyl (C=O) groups is 1. The average molecular weight is 397 g/mol. The third kappa shape index (κ3) is 3.24. The first-order valence-corrected chi connectivity index (χ1v) is 9.59. The Morgan fingerprint density at radius 3 is 2.59 bits per heavy atom. The Balaban J connectivity index is 2.06. The predicted molar refractivity (Wildman–Crippen MR) is 110 cm³/mol. The molecule has 2 N–H and O–H groups in total. The maximum Gasteiger partial charge on any atom is 0.342 e. The van der Waals surface area contributed by atoms with E-state index >= 15 is 0 Å². The Hall–Kier alpha value is -3.29. The maximum atomic E-state index is 12.9. The number of aromatic nitrogens is 1. The highest BCUT2D eigenvalue weighted by Gasteiger charge is 2.26. The number of fused-ring (bicyclic) bond motifs is 1. The summed E-state index contributed by atoms with van der Waals surface area (Å²) >= 11 is 0. The van der Waals surface area contributed by atoms with Crippen molar-refractivity contribution >= 4 is 28.4 Å². The lowest BCUT2D eigenvalue weighted by Gasteiger charge is -2.16. The van der Waals surface area contributed by atoms with Gasteiger partial charge >= 0.3 is 5.97 Å². The van der Waals surface area contributed by atoms with E-state index in [0.717, 1.165) is 31.4 Å². The van der Waals surface area contributed by atoms with Crippen LogP contribution in [-0.2, 0) is 4.74 Å². The number of H-pyrrole nitrogens is 1. The fraction of sp³-hybridized carbons (Fsp3) is 0.381. The van der Waals surface area contributed by atoms with E-state index in [1.807, 2.05) is 25.1 Å². The Morgan fingerprint density at radius 1 is 1.21 bits per heavy atom. The zero-order chi connectivity index (χ0) is 20.7. The van der Waals surface area contributed by atoms with E-state index in [4.69, 9.17) is 9.15 Å². The summed E-state index contributed by atoms with van der Waals surface area (Å²) in [6, 6.07) is 5.49. The van der Waals surface area contributed by atoms with Crippen LogP contribution in [0, 0.1) is 10.8 Å². The molecule has 0 saturated heterocycles. The molecule has 1 aromatic rings. The monoisotopic (exact) mass is 397 g/mol. The van der Waals surface area contributed by atoms with Crippen LogP contribution in [0.5, 0.6) is 0 Å². The molecule has 1 aliphatic heterocycles.